The molecule has 0 spiro atoms. The molecule has 0 aliphatic carbocycles. The van der Waals surface area contributed by atoms with Gasteiger partial charge in [-0.3, -0.25) is 0 Å². The molecule has 6 atom stereocenters. The van der Waals surface area contributed by atoms with E-state index in [0.29, 0.717) is 0 Å². The summed E-state index contributed by atoms with van der Waals surface area (Å²) in [5, 5.41) is 10.1. The second-order valence-corrected chi connectivity index (χ2v) is 6.36. The molecule has 0 bridgehead atoms. The summed E-state index contributed by atoms with van der Waals surface area (Å²) in [5.41, 5.74) is 0. The summed E-state index contributed by atoms with van der Waals surface area (Å²) in [6.07, 6.45) is -1.72. The third-order valence-electron chi connectivity index (χ3n) is 3.77. The van der Waals surface area contributed by atoms with Crippen LogP contribution in [0.2, 0.25) is 0 Å². The van der Waals surface area contributed by atoms with Crippen molar-refractivity contribution in [1.82, 2.24) is 0 Å². The van der Waals surface area contributed by atoms with Crippen molar-refractivity contribution in [2.45, 2.75) is 76.1 Å². The predicted molar refractivity (Wildman–Crippen MR) is 68.7 cm³/mol. The van der Waals surface area contributed by atoms with E-state index in [1.807, 2.05) is 27.7 Å². The van der Waals surface area contributed by atoms with Crippen molar-refractivity contribution in [3.05, 3.63) is 12.7 Å². The Kier molecular flexibility index (Phi) is 3.25. The van der Waals surface area contributed by atoms with Crippen LogP contribution in [-0.4, -0.2) is 53.5 Å². The molecule has 3 fully saturated rings. The number of fused-ring (bicyclic) bond motifs is 3. The Balaban J connectivity index is 1.89. The van der Waals surface area contributed by atoms with Gasteiger partial charge in [-0.1, -0.05) is 6.08 Å². The van der Waals surface area contributed by atoms with Crippen LogP contribution in [0.5, 0.6) is 0 Å². The van der Waals surface area contributed by atoms with Gasteiger partial charge in [0.1, 0.15) is 30.5 Å². The molecule has 3 aliphatic rings. The van der Waals surface area contributed by atoms with Gasteiger partial charge in [-0.2, -0.15) is 0 Å². The van der Waals surface area contributed by atoms with Gasteiger partial charge in [-0.05, 0) is 27.7 Å². The van der Waals surface area contributed by atoms with Gasteiger partial charge in [0.15, 0.2) is 17.9 Å². The van der Waals surface area contributed by atoms with E-state index in [4.69, 9.17) is 23.7 Å². The molecule has 0 aromatic rings. The summed E-state index contributed by atoms with van der Waals surface area (Å²) >= 11 is 0. The Hall–Kier alpha value is -0.500. The molecule has 3 heterocycles. The molecule has 1 N–H and O–H groups in total. The largest absolute Gasteiger partial charge is 0.386 e. The standard InChI is InChI=1S/C14H22O6/c1-6-7(15)8-9-10(18-13(2,3)17-9)11-12(16-8)20-14(4,5)19-11/h6-12,15H,1H2,2-5H3/t7-,8+,9-,10-,11-,12+/m1/s1. The number of aliphatic hydroxyl groups is 1. The fourth-order valence-electron chi connectivity index (χ4n) is 3.05. The molecule has 20 heavy (non-hydrogen) atoms. The lowest BCUT2D eigenvalue weighted by atomic mass is 9.95. The normalized spacial score (nSPS) is 46.5. The first-order chi connectivity index (χ1) is 9.22. The first-order valence-electron chi connectivity index (χ1n) is 6.90. The molecule has 0 radical (unpaired) electrons. The van der Waals surface area contributed by atoms with Gasteiger partial charge < -0.3 is 28.8 Å². The smallest absolute Gasteiger partial charge is 0.190 e. The maximum Gasteiger partial charge on any atom is 0.190 e. The zero-order chi connectivity index (χ0) is 14.7. The quantitative estimate of drug-likeness (QED) is 0.762. The fraction of sp³-hybridized carbons (Fsp3) is 0.857. The van der Waals surface area contributed by atoms with Crippen LogP contribution in [0.25, 0.3) is 0 Å². The maximum absolute atomic E-state index is 10.1. The van der Waals surface area contributed by atoms with Crippen molar-refractivity contribution < 1.29 is 28.8 Å². The van der Waals surface area contributed by atoms with Crippen molar-refractivity contribution in [3.63, 3.8) is 0 Å². The zero-order valence-corrected chi connectivity index (χ0v) is 12.2. The number of aliphatic hydroxyl groups excluding tert-OH is 1. The number of hydrogen-bond donors (Lipinski definition) is 1. The van der Waals surface area contributed by atoms with Gasteiger partial charge in [0.05, 0.1) is 0 Å². The van der Waals surface area contributed by atoms with E-state index in [9.17, 15) is 5.11 Å². The van der Waals surface area contributed by atoms with Gasteiger partial charge in [0, 0.05) is 0 Å². The van der Waals surface area contributed by atoms with Crippen LogP contribution in [0.3, 0.4) is 0 Å². The molecule has 0 unspecified atom stereocenters. The first kappa shape index (κ1) is 14.4. The lowest BCUT2D eigenvalue weighted by molar-refractivity contribution is -0.247. The van der Waals surface area contributed by atoms with Crippen LogP contribution in [-0.2, 0) is 23.7 Å². The Labute approximate surface area is 118 Å². The monoisotopic (exact) mass is 286 g/mol. The fourth-order valence-corrected chi connectivity index (χ4v) is 3.05. The van der Waals surface area contributed by atoms with Gasteiger partial charge in [-0.25, -0.2) is 0 Å². The summed E-state index contributed by atoms with van der Waals surface area (Å²) < 4.78 is 29.2. The topological polar surface area (TPSA) is 66.4 Å². The maximum atomic E-state index is 10.1. The molecule has 3 saturated heterocycles. The zero-order valence-electron chi connectivity index (χ0n) is 12.2. The highest BCUT2D eigenvalue weighted by molar-refractivity contribution is 5.04. The van der Waals surface area contributed by atoms with E-state index in [2.05, 4.69) is 6.58 Å². The molecule has 6 nitrogen and oxygen atoms in total. The van der Waals surface area contributed by atoms with Crippen molar-refractivity contribution in [2.24, 2.45) is 0 Å². The van der Waals surface area contributed by atoms with Crippen LogP contribution in [0.4, 0.5) is 0 Å². The van der Waals surface area contributed by atoms with Crippen LogP contribution < -0.4 is 0 Å². The number of rotatable bonds is 2. The molecule has 0 aromatic heterocycles. The number of ether oxygens (including phenoxy) is 5. The average molecular weight is 286 g/mol. The van der Waals surface area contributed by atoms with Gasteiger partial charge in [0.25, 0.3) is 0 Å². The van der Waals surface area contributed by atoms with E-state index in [1.54, 1.807) is 0 Å². The summed E-state index contributed by atoms with van der Waals surface area (Å²) in [6, 6.07) is 0. The summed E-state index contributed by atoms with van der Waals surface area (Å²) in [7, 11) is 0. The van der Waals surface area contributed by atoms with Gasteiger partial charge in [0.2, 0.25) is 0 Å². The summed E-state index contributed by atoms with van der Waals surface area (Å²) in [6.45, 7) is 10.9. The molecule has 0 amide bonds. The first-order valence-corrected chi connectivity index (χ1v) is 6.90. The van der Waals surface area contributed by atoms with Crippen molar-refractivity contribution >= 4 is 0 Å². The molecular weight excluding hydrogens is 264 g/mol. The second-order valence-electron chi connectivity index (χ2n) is 6.36. The number of hydrogen-bond acceptors (Lipinski definition) is 6. The van der Waals surface area contributed by atoms with E-state index in [0.717, 1.165) is 0 Å². The highest BCUT2D eigenvalue weighted by Crippen LogP contribution is 2.44. The molecule has 0 saturated carbocycles. The lowest BCUT2D eigenvalue weighted by Crippen LogP contribution is -2.58. The second kappa shape index (κ2) is 4.50. The Bertz CT molecular complexity index is 406. The Morgan fingerprint density at radius 1 is 0.950 bits per heavy atom. The minimum Gasteiger partial charge on any atom is -0.386 e. The SMILES string of the molecule is C=C[C@@H](O)[C@@H]1O[C@H]2OC(C)(C)O[C@@H]2[C@@H]2OC(C)(C)O[C@@H]21. The predicted octanol–water partition coefficient (Wildman–Crippen LogP) is 0.930. The highest BCUT2D eigenvalue weighted by Gasteiger charge is 2.61. The van der Waals surface area contributed by atoms with E-state index in [-0.39, 0.29) is 12.2 Å². The van der Waals surface area contributed by atoms with Crippen molar-refractivity contribution in [1.29, 1.82) is 0 Å². The third kappa shape index (κ3) is 2.30. The highest BCUT2D eigenvalue weighted by atomic mass is 16.9. The average Bonchev–Trinajstić information content (AvgIpc) is 2.81. The molecule has 3 rings (SSSR count). The molecule has 114 valence electrons. The summed E-state index contributed by atoms with van der Waals surface area (Å²) in [4.78, 5) is 0. The Morgan fingerprint density at radius 3 is 2.15 bits per heavy atom. The molecule has 0 aromatic carbocycles. The van der Waals surface area contributed by atoms with Crippen LogP contribution in [0.15, 0.2) is 12.7 Å². The van der Waals surface area contributed by atoms with E-state index < -0.39 is 36.2 Å². The van der Waals surface area contributed by atoms with Gasteiger partial charge >= 0.3 is 0 Å². The van der Waals surface area contributed by atoms with Crippen LogP contribution >= 0.6 is 0 Å². The van der Waals surface area contributed by atoms with Crippen LogP contribution in [0.1, 0.15) is 27.7 Å². The minimum atomic E-state index is -0.853. The summed E-state index contributed by atoms with van der Waals surface area (Å²) in [5.74, 6) is -1.49. The molecule has 3 aliphatic heterocycles. The van der Waals surface area contributed by atoms with Crippen molar-refractivity contribution in [2.75, 3.05) is 0 Å². The van der Waals surface area contributed by atoms with Crippen LogP contribution in [0, 0.1) is 0 Å². The van der Waals surface area contributed by atoms with E-state index >= 15 is 0 Å². The van der Waals surface area contributed by atoms with Crippen molar-refractivity contribution in [3.8, 4) is 0 Å². The third-order valence-corrected chi connectivity index (χ3v) is 3.77. The van der Waals surface area contributed by atoms with E-state index in [1.165, 1.54) is 6.08 Å². The lowest BCUT2D eigenvalue weighted by Gasteiger charge is -2.38. The molecule has 6 heteroatoms. The molecular formula is C14H22O6. The minimum absolute atomic E-state index is 0.342. The van der Waals surface area contributed by atoms with Gasteiger partial charge in [-0.15, -0.1) is 6.58 Å². The Morgan fingerprint density at radius 2 is 1.50 bits per heavy atom.